The monoisotopic (exact) mass is 474 g/mol. The van der Waals surface area contributed by atoms with Crippen molar-refractivity contribution in [2.75, 3.05) is 36.5 Å². The summed E-state index contributed by atoms with van der Waals surface area (Å²) in [5, 5.41) is 19.3. The number of pyridine rings is 1. The third-order valence-electron chi connectivity index (χ3n) is 7.34. The van der Waals surface area contributed by atoms with E-state index in [1.54, 1.807) is 12.3 Å². The maximum atomic E-state index is 15.5. The van der Waals surface area contributed by atoms with E-state index in [1.807, 2.05) is 24.0 Å². The quantitative estimate of drug-likeness (QED) is 0.629. The molecule has 1 aromatic heterocycles. The van der Waals surface area contributed by atoms with E-state index in [-0.39, 0.29) is 30.5 Å². The van der Waals surface area contributed by atoms with Gasteiger partial charge in [0, 0.05) is 49.1 Å². The van der Waals surface area contributed by atoms with E-state index >= 15 is 4.39 Å². The topological polar surface area (TPSA) is 102 Å². The molecule has 0 radical (unpaired) electrons. The van der Waals surface area contributed by atoms with Crippen LogP contribution in [-0.2, 0) is 6.42 Å². The van der Waals surface area contributed by atoms with Gasteiger partial charge in [-0.15, -0.1) is 0 Å². The average Bonchev–Trinajstić information content (AvgIpc) is 3.64. The van der Waals surface area contributed by atoms with Crippen LogP contribution in [0.5, 0.6) is 5.75 Å². The van der Waals surface area contributed by atoms with Crippen molar-refractivity contribution in [3.63, 3.8) is 0 Å². The summed E-state index contributed by atoms with van der Waals surface area (Å²) in [5.41, 5.74) is 3.22. The van der Waals surface area contributed by atoms with Crippen LogP contribution in [0.2, 0.25) is 0 Å². The first-order valence-electron chi connectivity index (χ1n) is 12.0. The third-order valence-corrected chi connectivity index (χ3v) is 7.34. The SMILES string of the molecule is C=C1CN(c2cc3c(c(F)c2C#N)C[C@@H](NC(=O)c2cnc4c(c2)[C@@H]2C[C@@H]2CN4)CO3)CC(C)N1. The summed E-state index contributed by atoms with van der Waals surface area (Å²) in [6, 6.07) is 5.40. The Hall–Kier alpha value is -3.80. The van der Waals surface area contributed by atoms with Crippen LogP contribution < -0.4 is 25.6 Å². The first kappa shape index (κ1) is 21.7. The van der Waals surface area contributed by atoms with Gasteiger partial charge in [0.25, 0.3) is 5.91 Å². The summed E-state index contributed by atoms with van der Waals surface area (Å²) in [5.74, 6) is 1.55. The molecule has 4 atom stereocenters. The Kier molecular flexibility index (Phi) is 5.06. The second-order valence-corrected chi connectivity index (χ2v) is 10.0. The highest BCUT2D eigenvalue weighted by Gasteiger charge is 2.43. The number of nitrogens with zero attached hydrogens (tertiary/aromatic N) is 3. The van der Waals surface area contributed by atoms with Crippen molar-refractivity contribution in [3.8, 4) is 11.8 Å². The number of halogens is 1. The minimum Gasteiger partial charge on any atom is -0.491 e. The standard InChI is InChI=1S/C26H27FN6O2/c1-13-10-33(11-14(2)31-13)22-6-23-20(24(27)21(22)7-28)5-17(12-35-23)32-26(34)16-4-19-18-3-15(18)8-29-25(19)30-9-16/h4,6,9,14-15,17-18,31H,1,3,5,8,10-12H2,2H3,(H,29,30)(H,32,34)/t14?,15-,17-,18-/m1/s1. The number of carbonyl (C=O) groups is 1. The number of rotatable bonds is 3. The van der Waals surface area contributed by atoms with Gasteiger partial charge in [-0.1, -0.05) is 6.58 Å². The van der Waals surface area contributed by atoms with Crippen LogP contribution in [0, 0.1) is 23.1 Å². The van der Waals surface area contributed by atoms with Gasteiger partial charge in [0.1, 0.15) is 35.6 Å². The molecule has 4 heterocycles. The van der Waals surface area contributed by atoms with Gasteiger partial charge >= 0.3 is 0 Å². The molecule has 35 heavy (non-hydrogen) atoms. The van der Waals surface area contributed by atoms with Crippen molar-refractivity contribution in [2.45, 2.75) is 37.8 Å². The molecule has 3 N–H and O–H groups in total. The van der Waals surface area contributed by atoms with Crippen LogP contribution in [0.1, 0.15) is 46.3 Å². The van der Waals surface area contributed by atoms with Crippen LogP contribution in [0.25, 0.3) is 0 Å². The number of benzene rings is 1. The number of ether oxygens (including phenoxy) is 1. The smallest absolute Gasteiger partial charge is 0.253 e. The summed E-state index contributed by atoms with van der Waals surface area (Å²) in [4.78, 5) is 19.3. The zero-order valence-electron chi connectivity index (χ0n) is 19.5. The van der Waals surface area contributed by atoms with Crippen LogP contribution >= 0.6 is 0 Å². The molecule has 1 aromatic carbocycles. The lowest BCUT2D eigenvalue weighted by Gasteiger charge is -2.37. The van der Waals surface area contributed by atoms with Gasteiger partial charge in [-0.2, -0.15) is 5.26 Å². The Balaban J connectivity index is 1.21. The maximum absolute atomic E-state index is 15.5. The number of carbonyl (C=O) groups excluding carboxylic acids is 1. The fraction of sp³-hybridized carbons (Fsp3) is 0.423. The lowest BCUT2D eigenvalue weighted by Crippen LogP contribution is -2.48. The van der Waals surface area contributed by atoms with Crippen LogP contribution in [0.3, 0.4) is 0 Å². The van der Waals surface area contributed by atoms with Crippen molar-refractivity contribution in [2.24, 2.45) is 5.92 Å². The highest BCUT2D eigenvalue weighted by Crippen LogP contribution is 2.52. The Morgan fingerprint density at radius 2 is 2.29 bits per heavy atom. The summed E-state index contributed by atoms with van der Waals surface area (Å²) >= 11 is 0. The number of nitriles is 1. The number of fused-ring (bicyclic) bond motifs is 4. The Labute approximate surface area is 203 Å². The Bertz CT molecular complexity index is 1290. The highest BCUT2D eigenvalue weighted by atomic mass is 19.1. The summed E-state index contributed by atoms with van der Waals surface area (Å²) in [6.45, 7) is 8.27. The minimum atomic E-state index is -0.586. The number of hydrogen-bond acceptors (Lipinski definition) is 7. The summed E-state index contributed by atoms with van der Waals surface area (Å²) < 4.78 is 21.4. The van der Waals surface area contributed by atoms with Crippen LogP contribution in [-0.4, -0.2) is 49.2 Å². The Morgan fingerprint density at radius 1 is 1.43 bits per heavy atom. The molecular formula is C26H27FN6O2. The molecule has 1 saturated heterocycles. The van der Waals surface area contributed by atoms with Gasteiger partial charge in [-0.25, -0.2) is 9.37 Å². The van der Waals surface area contributed by atoms with Gasteiger partial charge in [0.15, 0.2) is 0 Å². The second-order valence-electron chi connectivity index (χ2n) is 10.0. The first-order valence-corrected chi connectivity index (χ1v) is 12.0. The average molecular weight is 475 g/mol. The normalized spacial score (nSPS) is 26.1. The zero-order valence-corrected chi connectivity index (χ0v) is 19.5. The van der Waals surface area contributed by atoms with E-state index in [0.29, 0.717) is 47.5 Å². The number of nitrogens with one attached hydrogen (secondary N) is 3. The van der Waals surface area contributed by atoms with Crippen LogP contribution in [0.15, 0.2) is 30.6 Å². The van der Waals surface area contributed by atoms with E-state index < -0.39 is 11.9 Å². The molecular weight excluding hydrogens is 447 g/mol. The first-order chi connectivity index (χ1) is 16.9. The zero-order chi connectivity index (χ0) is 24.3. The lowest BCUT2D eigenvalue weighted by atomic mass is 9.97. The highest BCUT2D eigenvalue weighted by molar-refractivity contribution is 5.94. The molecule has 1 aliphatic carbocycles. The van der Waals surface area contributed by atoms with Gasteiger partial charge in [-0.3, -0.25) is 4.79 Å². The molecule has 4 aliphatic rings. The summed E-state index contributed by atoms with van der Waals surface area (Å²) in [7, 11) is 0. The van der Waals surface area contributed by atoms with Crippen molar-refractivity contribution in [1.29, 1.82) is 5.26 Å². The molecule has 180 valence electrons. The molecule has 0 spiro atoms. The number of anilines is 2. The molecule has 9 heteroatoms. The predicted molar refractivity (Wildman–Crippen MR) is 129 cm³/mol. The van der Waals surface area contributed by atoms with Crippen molar-refractivity contribution >= 4 is 17.4 Å². The van der Waals surface area contributed by atoms with E-state index in [9.17, 15) is 10.1 Å². The van der Waals surface area contributed by atoms with E-state index in [1.165, 1.54) is 0 Å². The molecule has 8 nitrogen and oxygen atoms in total. The van der Waals surface area contributed by atoms with Gasteiger partial charge in [0.05, 0.1) is 23.8 Å². The fourth-order valence-corrected chi connectivity index (χ4v) is 5.55. The van der Waals surface area contributed by atoms with Gasteiger partial charge in [-0.05, 0) is 36.8 Å². The van der Waals surface area contributed by atoms with Crippen molar-refractivity contribution in [1.82, 2.24) is 15.6 Å². The molecule has 2 aromatic rings. The number of piperazine rings is 1. The predicted octanol–water partition coefficient (Wildman–Crippen LogP) is 2.67. The van der Waals surface area contributed by atoms with Crippen molar-refractivity contribution in [3.05, 3.63) is 58.7 Å². The Morgan fingerprint density at radius 3 is 3.09 bits per heavy atom. The summed E-state index contributed by atoms with van der Waals surface area (Å²) in [6.07, 6.45) is 2.95. The lowest BCUT2D eigenvalue weighted by molar-refractivity contribution is 0.0914. The number of aromatic nitrogens is 1. The third kappa shape index (κ3) is 3.83. The number of amides is 1. The largest absolute Gasteiger partial charge is 0.491 e. The van der Waals surface area contributed by atoms with E-state index in [4.69, 9.17) is 4.74 Å². The maximum Gasteiger partial charge on any atom is 0.253 e. The minimum absolute atomic E-state index is 0.00778. The molecule has 1 unspecified atom stereocenters. The number of hydrogen-bond donors (Lipinski definition) is 3. The molecule has 1 amide bonds. The second kappa shape index (κ2) is 8.15. The van der Waals surface area contributed by atoms with Gasteiger partial charge < -0.3 is 25.6 Å². The molecule has 3 aliphatic heterocycles. The van der Waals surface area contributed by atoms with Crippen molar-refractivity contribution < 1.29 is 13.9 Å². The van der Waals surface area contributed by atoms with Gasteiger partial charge in [0.2, 0.25) is 0 Å². The molecule has 0 bridgehead atoms. The fourth-order valence-electron chi connectivity index (χ4n) is 5.55. The van der Waals surface area contributed by atoms with E-state index in [0.717, 1.165) is 30.0 Å². The molecule has 1 saturated carbocycles. The molecule has 2 fully saturated rings. The van der Waals surface area contributed by atoms with Crippen LogP contribution in [0.4, 0.5) is 15.9 Å². The van der Waals surface area contributed by atoms with E-state index in [2.05, 4.69) is 27.5 Å². The molecule has 6 rings (SSSR count).